The summed E-state index contributed by atoms with van der Waals surface area (Å²) in [6.45, 7) is 15.0. The molecular weight excluding hydrogens is 252 g/mol. The van der Waals surface area contributed by atoms with Crippen LogP contribution in [0, 0.1) is 11.8 Å². The van der Waals surface area contributed by atoms with Crippen molar-refractivity contribution < 1.29 is 9.59 Å². The van der Waals surface area contributed by atoms with Gasteiger partial charge in [-0.2, -0.15) is 0 Å². The third-order valence-corrected chi connectivity index (χ3v) is 2.92. The average Bonchev–Trinajstić information content (AvgIpc) is 2.35. The molecule has 0 rings (SSSR count). The first-order chi connectivity index (χ1) is 9.33. The molecule has 2 amide bonds. The van der Waals surface area contributed by atoms with Crippen molar-refractivity contribution in [1.29, 1.82) is 0 Å². The Balaban J connectivity index is 4.86. The maximum absolute atomic E-state index is 12.4. The maximum Gasteiger partial charge on any atom is 0.312 e. The van der Waals surface area contributed by atoms with Crippen molar-refractivity contribution in [3.05, 3.63) is 0 Å². The second kappa shape index (κ2) is 9.78. The summed E-state index contributed by atoms with van der Waals surface area (Å²) in [7, 11) is 0. The minimum atomic E-state index is -0.339. The van der Waals surface area contributed by atoms with Crippen LogP contribution < -0.4 is 0 Å². The van der Waals surface area contributed by atoms with Crippen LogP contribution in [0.25, 0.3) is 0 Å². The topological polar surface area (TPSA) is 40.6 Å². The summed E-state index contributed by atoms with van der Waals surface area (Å²) >= 11 is 0. The van der Waals surface area contributed by atoms with E-state index in [-0.39, 0.29) is 11.8 Å². The van der Waals surface area contributed by atoms with Crippen LogP contribution in [0.3, 0.4) is 0 Å². The van der Waals surface area contributed by atoms with E-state index in [4.69, 9.17) is 0 Å². The summed E-state index contributed by atoms with van der Waals surface area (Å²) in [4.78, 5) is 28.2. The van der Waals surface area contributed by atoms with E-state index < -0.39 is 0 Å². The predicted molar refractivity (Wildman–Crippen MR) is 83.4 cm³/mol. The summed E-state index contributed by atoms with van der Waals surface area (Å²) in [5, 5.41) is 0. The highest BCUT2D eigenvalue weighted by molar-refractivity contribution is 6.34. The molecule has 0 spiro atoms. The van der Waals surface area contributed by atoms with E-state index in [1.165, 1.54) is 0 Å². The number of amides is 2. The fraction of sp³-hybridized carbons (Fsp3) is 0.875. The lowest BCUT2D eigenvalue weighted by Gasteiger charge is -2.29. The zero-order chi connectivity index (χ0) is 15.7. The van der Waals surface area contributed by atoms with Gasteiger partial charge in [0, 0.05) is 26.2 Å². The zero-order valence-electron chi connectivity index (χ0n) is 14.1. The minimum absolute atomic E-state index is 0.338. The molecule has 20 heavy (non-hydrogen) atoms. The van der Waals surface area contributed by atoms with Crippen LogP contribution in [-0.4, -0.2) is 47.8 Å². The van der Waals surface area contributed by atoms with Gasteiger partial charge in [-0.25, -0.2) is 0 Å². The quantitative estimate of drug-likeness (QED) is 0.643. The van der Waals surface area contributed by atoms with E-state index >= 15 is 0 Å². The molecule has 0 bridgehead atoms. The lowest BCUT2D eigenvalue weighted by molar-refractivity contribution is -0.152. The summed E-state index contributed by atoms with van der Waals surface area (Å²) in [5.74, 6) is 0.0666. The van der Waals surface area contributed by atoms with E-state index in [2.05, 4.69) is 27.7 Å². The molecule has 0 unspecified atom stereocenters. The molecule has 0 fully saturated rings. The van der Waals surface area contributed by atoms with Crippen molar-refractivity contribution in [2.45, 2.75) is 54.4 Å². The molecular formula is C16H32N2O2. The second-order valence-electron chi connectivity index (χ2n) is 6.29. The highest BCUT2D eigenvalue weighted by Gasteiger charge is 2.27. The number of carbonyl (C=O) groups excluding carboxylic acids is 2. The molecule has 118 valence electrons. The molecule has 0 aromatic heterocycles. The van der Waals surface area contributed by atoms with Crippen LogP contribution in [0.2, 0.25) is 0 Å². The van der Waals surface area contributed by atoms with Crippen LogP contribution >= 0.6 is 0 Å². The van der Waals surface area contributed by atoms with Gasteiger partial charge in [0.25, 0.3) is 0 Å². The minimum Gasteiger partial charge on any atom is -0.334 e. The lowest BCUT2D eigenvalue weighted by atomic mass is 10.1. The molecule has 0 saturated carbocycles. The molecule has 0 aromatic rings. The van der Waals surface area contributed by atoms with E-state index in [0.29, 0.717) is 38.0 Å². The normalized spacial score (nSPS) is 11.0. The summed E-state index contributed by atoms with van der Waals surface area (Å²) in [6, 6.07) is 0. The molecule has 0 aliphatic carbocycles. The molecule has 0 aromatic carbocycles. The van der Waals surface area contributed by atoms with Gasteiger partial charge in [-0.05, 0) is 24.7 Å². The summed E-state index contributed by atoms with van der Waals surface area (Å²) in [6.07, 6.45) is 1.76. The molecule has 0 atom stereocenters. The Kier molecular flexibility index (Phi) is 9.26. The Labute approximate surface area is 124 Å². The van der Waals surface area contributed by atoms with Gasteiger partial charge in [0.1, 0.15) is 0 Å². The van der Waals surface area contributed by atoms with Crippen molar-refractivity contribution in [2.24, 2.45) is 11.8 Å². The third-order valence-electron chi connectivity index (χ3n) is 2.92. The molecule has 4 nitrogen and oxygen atoms in total. The molecule has 0 radical (unpaired) electrons. The van der Waals surface area contributed by atoms with Crippen LogP contribution in [0.5, 0.6) is 0 Å². The van der Waals surface area contributed by atoms with Crippen molar-refractivity contribution in [2.75, 3.05) is 26.2 Å². The Hall–Kier alpha value is -1.06. The Morgan fingerprint density at radius 1 is 0.750 bits per heavy atom. The Bertz CT molecular complexity index is 285. The van der Waals surface area contributed by atoms with Gasteiger partial charge in [-0.1, -0.05) is 41.5 Å². The maximum atomic E-state index is 12.4. The van der Waals surface area contributed by atoms with Gasteiger partial charge < -0.3 is 9.80 Å². The molecule has 0 saturated heterocycles. The molecule has 0 aliphatic rings. The number of hydrogen-bond acceptors (Lipinski definition) is 2. The lowest BCUT2D eigenvalue weighted by Crippen LogP contribution is -2.48. The first-order valence-corrected chi connectivity index (χ1v) is 7.91. The van der Waals surface area contributed by atoms with E-state index in [9.17, 15) is 9.59 Å². The van der Waals surface area contributed by atoms with E-state index in [1.54, 1.807) is 9.80 Å². The van der Waals surface area contributed by atoms with Crippen LogP contribution in [0.4, 0.5) is 0 Å². The number of rotatable bonds is 8. The van der Waals surface area contributed by atoms with E-state index in [1.807, 2.05) is 13.8 Å². The van der Waals surface area contributed by atoms with Gasteiger partial charge in [0.05, 0.1) is 0 Å². The zero-order valence-corrected chi connectivity index (χ0v) is 14.1. The predicted octanol–water partition coefficient (Wildman–Crippen LogP) is 2.78. The van der Waals surface area contributed by atoms with E-state index in [0.717, 1.165) is 12.8 Å². The highest BCUT2D eigenvalue weighted by atomic mass is 16.2. The standard InChI is InChI=1S/C16H32N2O2/c1-7-9-17(10-8-2)15(19)16(20)18(11-13(3)4)12-14(5)6/h13-14H,7-12H2,1-6H3. The van der Waals surface area contributed by atoms with Crippen LogP contribution in [0.1, 0.15) is 54.4 Å². The second-order valence-corrected chi connectivity index (χ2v) is 6.29. The molecule has 0 heterocycles. The largest absolute Gasteiger partial charge is 0.334 e. The van der Waals surface area contributed by atoms with Gasteiger partial charge >= 0.3 is 11.8 Å². The van der Waals surface area contributed by atoms with Crippen LogP contribution in [0.15, 0.2) is 0 Å². The Morgan fingerprint density at radius 2 is 1.10 bits per heavy atom. The first-order valence-electron chi connectivity index (χ1n) is 7.91. The molecule has 0 aliphatic heterocycles. The molecule has 0 N–H and O–H groups in total. The fourth-order valence-electron chi connectivity index (χ4n) is 2.25. The first kappa shape index (κ1) is 18.9. The number of nitrogens with zero attached hydrogens (tertiary/aromatic N) is 2. The average molecular weight is 284 g/mol. The van der Waals surface area contributed by atoms with Crippen molar-refractivity contribution in [3.8, 4) is 0 Å². The smallest absolute Gasteiger partial charge is 0.312 e. The third kappa shape index (κ3) is 6.92. The van der Waals surface area contributed by atoms with Gasteiger partial charge in [0.15, 0.2) is 0 Å². The highest BCUT2D eigenvalue weighted by Crippen LogP contribution is 2.07. The Morgan fingerprint density at radius 3 is 1.40 bits per heavy atom. The van der Waals surface area contributed by atoms with Crippen molar-refractivity contribution in [3.63, 3.8) is 0 Å². The fourth-order valence-corrected chi connectivity index (χ4v) is 2.25. The number of carbonyl (C=O) groups is 2. The number of hydrogen-bond donors (Lipinski definition) is 0. The SMILES string of the molecule is CCCN(CCC)C(=O)C(=O)N(CC(C)C)CC(C)C. The summed E-state index contributed by atoms with van der Waals surface area (Å²) < 4.78 is 0. The van der Waals surface area contributed by atoms with Gasteiger partial charge in [-0.3, -0.25) is 9.59 Å². The van der Waals surface area contributed by atoms with Gasteiger partial charge in [0.2, 0.25) is 0 Å². The monoisotopic (exact) mass is 284 g/mol. The van der Waals surface area contributed by atoms with Crippen molar-refractivity contribution >= 4 is 11.8 Å². The summed E-state index contributed by atoms with van der Waals surface area (Å²) in [5.41, 5.74) is 0. The van der Waals surface area contributed by atoms with Crippen molar-refractivity contribution in [1.82, 2.24) is 9.80 Å². The van der Waals surface area contributed by atoms with Gasteiger partial charge in [-0.15, -0.1) is 0 Å². The molecule has 4 heteroatoms. The van der Waals surface area contributed by atoms with Crippen LogP contribution in [-0.2, 0) is 9.59 Å².